The Morgan fingerprint density at radius 1 is 1.15 bits per heavy atom. The lowest BCUT2D eigenvalue weighted by atomic mass is 10.0. The molecule has 1 amide bonds. The maximum absolute atomic E-state index is 12.3. The summed E-state index contributed by atoms with van der Waals surface area (Å²) in [6.07, 6.45) is 0.392. The molecule has 1 aromatic carbocycles. The predicted molar refractivity (Wildman–Crippen MR) is 97.1 cm³/mol. The monoisotopic (exact) mass is 364 g/mol. The quantitative estimate of drug-likeness (QED) is 0.674. The number of carbonyl (C=O) groups is 3. The van der Waals surface area contributed by atoms with Crippen molar-refractivity contribution in [2.75, 3.05) is 7.11 Å². The molecule has 1 aromatic rings. The number of ether oxygens (including phenoxy) is 2. The van der Waals surface area contributed by atoms with Crippen LogP contribution >= 0.6 is 0 Å². The van der Waals surface area contributed by atoms with Crippen LogP contribution in [0.3, 0.4) is 0 Å². The largest absolute Gasteiger partial charge is 0.467 e. The van der Waals surface area contributed by atoms with E-state index in [2.05, 4.69) is 5.32 Å². The number of amides is 1. The highest BCUT2D eigenvalue weighted by molar-refractivity contribution is 5.87. The lowest BCUT2D eigenvalue weighted by Gasteiger charge is -2.21. The summed E-state index contributed by atoms with van der Waals surface area (Å²) in [4.78, 5) is 36.0. The topological polar surface area (TPSA) is 108 Å². The number of carbonyl (C=O) groups excluding carboxylic acids is 3. The van der Waals surface area contributed by atoms with E-state index in [-0.39, 0.29) is 12.8 Å². The van der Waals surface area contributed by atoms with Crippen molar-refractivity contribution in [3.63, 3.8) is 0 Å². The van der Waals surface area contributed by atoms with Gasteiger partial charge in [0.25, 0.3) is 0 Å². The summed E-state index contributed by atoms with van der Waals surface area (Å²) in [5.41, 5.74) is 6.23. The van der Waals surface area contributed by atoms with Gasteiger partial charge in [0.2, 0.25) is 5.91 Å². The third kappa shape index (κ3) is 8.11. The van der Waals surface area contributed by atoms with Crippen LogP contribution in [0.15, 0.2) is 30.3 Å². The van der Waals surface area contributed by atoms with Gasteiger partial charge in [-0.25, -0.2) is 4.79 Å². The van der Waals surface area contributed by atoms with Crippen molar-refractivity contribution in [2.24, 2.45) is 5.73 Å². The van der Waals surface area contributed by atoms with E-state index < -0.39 is 35.5 Å². The highest BCUT2D eigenvalue weighted by atomic mass is 16.6. The summed E-state index contributed by atoms with van der Waals surface area (Å²) in [6, 6.07) is 7.56. The highest BCUT2D eigenvalue weighted by Crippen LogP contribution is 2.11. The molecule has 0 saturated heterocycles. The summed E-state index contributed by atoms with van der Waals surface area (Å²) >= 11 is 0. The van der Waals surface area contributed by atoms with Crippen molar-refractivity contribution in [1.29, 1.82) is 0 Å². The van der Waals surface area contributed by atoms with Gasteiger partial charge in [-0.15, -0.1) is 0 Å². The van der Waals surface area contributed by atoms with Crippen LogP contribution in [0.5, 0.6) is 0 Å². The van der Waals surface area contributed by atoms with Crippen LogP contribution in [0.1, 0.15) is 39.2 Å². The normalized spacial score (nSPS) is 13.4. The Balaban J connectivity index is 2.61. The zero-order valence-corrected chi connectivity index (χ0v) is 15.8. The lowest BCUT2D eigenvalue weighted by molar-refractivity contribution is -0.155. The van der Waals surface area contributed by atoms with Gasteiger partial charge >= 0.3 is 11.9 Å². The second kappa shape index (κ2) is 9.91. The molecule has 0 unspecified atom stereocenters. The standard InChI is InChI=1S/C19H28N2O5/c1-19(2,3)26-16(22)11-10-15(18(24)25-4)21-17(23)14(20)12-13-8-6-5-7-9-13/h5-9,14-15H,10-12,20H2,1-4H3,(H,21,23)/t14-,15-/m0/s1. The van der Waals surface area contributed by atoms with Gasteiger partial charge in [-0.1, -0.05) is 30.3 Å². The van der Waals surface area contributed by atoms with Gasteiger partial charge in [-0.05, 0) is 39.2 Å². The Morgan fingerprint density at radius 3 is 2.31 bits per heavy atom. The molecule has 7 nitrogen and oxygen atoms in total. The Labute approximate surface area is 154 Å². The molecule has 1 rings (SSSR count). The minimum Gasteiger partial charge on any atom is -0.467 e. The molecule has 0 spiro atoms. The van der Waals surface area contributed by atoms with E-state index in [0.717, 1.165) is 5.56 Å². The van der Waals surface area contributed by atoms with Gasteiger partial charge in [0, 0.05) is 6.42 Å². The fourth-order valence-electron chi connectivity index (χ4n) is 2.29. The molecule has 0 aromatic heterocycles. The van der Waals surface area contributed by atoms with E-state index in [1.165, 1.54) is 7.11 Å². The van der Waals surface area contributed by atoms with Crippen LogP contribution in [-0.2, 0) is 30.3 Å². The van der Waals surface area contributed by atoms with Gasteiger partial charge < -0.3 is 20.5 Å². The average Bonchev–Trinajstić information content (AvgIpc) is 2.56. The van der Waals surface area contributed by atoms with Gasteiger partial charge in [0.15, 0.2) is 0 Å². The average molecular weight is 364 g/mol. The SMILES string of the molecule is COC(=O)[C@H](CCC(=O)OC(C)(C)C)NC(=O)[C@@H](N)Cc1ccccc1. The minimum absolute atomic E-state index is 0.0226. The molecule has 2 atom stereocenters. The van der Waals surface area contributed by atoms with E-state index in [1.807, 2.05) is 30.3 Å². The predicted octanol–water partition coefficient (Wildman–Crippen LogP) is 1.34. The van der Waals surface area contributed by atoms with Gasteiger partial charge in [-0.3, -0.25) is 9.59 Å². The van der Waals surface area contributed by atoms with Gasteiger partial charge in [0.1, 0.15) is 11.6 Å². The zero-order chi connectivity index (χ0) is 19.7. The fourth-order valence-corrected chi connectivity index (χ4v) is 2.29. The van der Waals surface area contributed by atoms with Gasteiger partial charge in [-0.2, -0.15) is 0 Å². The molecule has 3 N–H and O–H groups in total. The first-order valence-corrected chi connectivity index (χ1v) is 8.52. The van der Waals surface area contributed by atoms with Crippen molar-refractivity contribution in [3.8, 4) is 0 Å². The molecule has 26 heavy (non-hydrogen) atoms. The number of nitrogens with two attached hydrogens (primary N) is 1. The Morgan fingerprint density at radius 2 is 1.77 bits per heavy atom. The molecule has 0 heterocycles. The first kappa shape index (κ1) is 21.6. The zero-order valence-electron chi connectivity index (χ0n) is 15.8. The van der Waals surface area contributed by atoms with E-state index in [4.69, 9.17) is 15.2 Å². The molecule has 0 bridgehead atoms. The van der Waals surface area contributed by atoms with E-state index >= 15 is 0 Å². The molecule has 0 aliphatic rings. The minimum atomic E-state index is -0.957. The summed E-state index contributed by atoms with van der Waals surface area (Å²) in [7, 11) is 1.22. The fraction of sp³-hybridized carbons (Fsp3) is 0.526. The van der Waals surface area contributed by atoms with Crippen LogP contribution < -0.4 is 11.1 Å². The van der Waals surface area contributed by atoms with Crippen molar-refractivity contribution in [1.82, 2.24) is 5.32 Å². The second-order valence-corrected chi connectivity index (χ2v) is 7.01. The van der Waals surface area contributed by atoms with Crippen molar-refractivity contribution < 1.29 is 23.9 Å². The maximum Gasteiger partial charge on any atom is 0.328 e. The molecule has 0 saturated carbocycles. The Bertz CT molecular complexity index is 610. The van der Waals surface area contributed by atoms with E-state index in [9.17, 15) is 14.4 Å². The third-order valence-electron chi connectivity index (χ3n) is 3.49. The highest BCUT2D eigenvalue weighted by Gasteiger charge is 2.26. The van der Waals surface area contributed by atoms with Crippen molar-refractivity contribution >= 4 is 17.8 Å². The number of hydrogen-bond donors (Lipinski definition) is 2. The molecular weight excluding hydrogens is 336 g/mol. The van der Waals surface area contributed by atoms with Crippen LogP contribution in [0.25, 0.3) is 0 Å². The Hall–Kier alpha value is -2.41. The number of methoxy groups -OCH3 is 1. The second-order valence-electron chi connectivity index (χ2n) is 7.01. The molecular formula is C19H28N2O5. The number of esters is 2. The smallest absolute Gasteiger partial charge is 0.328 e. The summed E-state index contributed by atoms with van der Waals surface area (Å²) in [6.45, 7) is 5.27. The summed E-state index contributed by atoms with van der Waals surface area (Å²) in [5.74, 6) is -1.56. The van der Waals surface area contributed by atoms with Crippen LogP contribution in [0, 0.1) is 0 Å². The van der Waals surface area contributed by atoms with Crippen LogP contribution in [0.2, 0.25) is 0 Å². The number of hydrogen-bond acceptors (Lipinski definition) is 6. The molecule has 0 aliphatic carbocycles. The Kier molecular flexibility index (Phi) is 8.25. The van der Waals surface area contributed by atoms with E-state index in [1.54, 1.807) is 20.8 Å². The van der Waals surface area contributed by atoms with E-state index in [0.29, 0.717) is 6.42 Å². The molecule has 144 valence electrons. The lowest BCUT2D eigenvalue weighted by Crippen LogP contribution is -2.49. The maximum atomic E-state index is 12.3. The summed E-state index contributed by atoms with van der Waals surface area (Å²) in [5, 5.41) is 2.56. The van der Waals surface area contributed by atoms with Crippen LogP contribution in [-0.4, -0.2) is 42.6 Å². The number of rotatable bonds is 8. The first-order valence-electron chi connectivity index (χ1n) is 8.52. The number of nitrogens with one attached hydrogen (secondary N) is 1. The van der Waals surface area contributed by atoms with Crippen molar-refractivity contribution in [3.05, 3.63) is 35.9 Å². The first-order chi connectivity index (χ1) is 12.1. The molecule has 0 fully saturated rings. The van der Waals surface area contributed by atoms with Crippen LogP contribution in [0.4, 0.5) is 0 Å². The number of benzene rings is 1. The summed E-state index contributed by atoms with van der Waals surface area (Å²) < 4.78 is 9.90. The molecule has 0 radical (unpaired) electrons. The molecule has 0 aliphatic heterocycles. The van der Waals surface area contributed by atoms with Crippen molar-refractivity contribution in [2.45, 2.75) is 57.7 Å². The molecule has 7 heteroatoms. The van der Waals surface area contributed by atoms with Gasteiger partial charge in [0.05, 0.1) is 13.2 Å². The third-order valence-corrected chi connectivity index (χ3v) is 3.49.